The monoisotopic (exact) mass is 196 g/mol. The van der Waals surface area contributed by atoms with Crippen LogP contribution in [0.1, 0.15) is 39.0 Å². The lowest BCUT2D eigenvalue weighted by Gasteiger charge is -1.99. The quantitative estimate of drug-likeness (QED) is 0.258. The van der Waals surface area contributed by atoms with Gasteiger partial charge in [-0.2, -0.15) is 0 Å². The zero-order valence-electron chi connectivity index (χ0n) is 9.00. The zero-order chi connectivity index (χ0) is 10.6. The van der Waals surface area contributed by atoms with Gasteiger partial charge in [0.1, 0.15) is 0 Å². The van der Waals surface area contributed by atoms with Crippen LogP contribution >= 0.6 is 0 Å². The van der Waals surface area contributed by atoms with Crippen molar-refractivity contribution in [1.82, 2.24) is 0 Å². The van der Waals surface area contributed by atoms with E-state index in [1.54, 1.807) is 0 Å². The summed E-state index contributed by atoms with van der Waals surface area (Å²) < 4.78 is 4.84. The second-order valence-electron chi connectivity index (χ2n) is 3.13. The molecule has 0 aromatic rings. The molecule has 14 heavy (non-hydrogen) atoms. The van der Waals surface area contributed by atoms with Crippen molar-refractivity contribution < 1.29 is 9.53 Å². The van der Waals surface area contributed by atoms with Crippen molar-refractivity contribution in [1.29, 1.82) is 0 Å². The molecule has 2 heteroatoms. The van der Waals surface area contributed by atoms with E-state index in [9.17, 15) is 4.79 Å². The first kappa shape index (κ1) is 12.9. The summed E-state index contributed by atoms with van der Waals surface area (Å²) in [5, 5.41) is 0. The predicted molar refractivity (Wildman–Crippen MR) is 59.1 cm³/mol. The largest absolute Gasteiger partial charge is 0.463 e. The van der Waals surface area contributed by atoms with E-state index < -0.39 is 0 Å². The number of carbonyl (C=O) groups excluding carboxylic acids is 1. The molecule has 0 aromatic carbocycles. The summed E-state index contributed by atoms with van der Waals surface area (Å²) >= 11 is 0. The van der Waals surface area contributed by atoms with Crippen molar-refractivity contribution in [2.24, 2.45) is 0 Å². The molecule has 0 unspecified atom stereocenters. The molecule has 0 saturated carbocycles. The summed E-state index contributed by atoms with van der Waals surface area (Å²) in [7, 11) is 0. The van der Waals surface area contributed by atoms with Gasteiger partial charge in [-0.25, -0.2) is 4.79 Å². The number of allylic oxidation sites excluding steroid dienone is 2. The SMILES string of the molecule is C=CC(=O)OCCCC/C=C/CCC. The van der Waals surface area contributed by atoms with Crippen LogP contribution in [0.5, 0.6) is 0 Å². The number of esters is 1. The number of hydrogen-bond acceptors (Lipinski definition) is 2. The smallest absolute Gasteiger partial charge is 0.330 e. The van der Waals surface area contributed by atoms with Crippen molar-refractivity contribution in [2.75, 3.05) is 6.61 Å². The Hall–Kier alpha value is -1.05. The molecule has 0 bridgehead atoms. The number of carbonyl (C=O) groups is 1. The number of ether oxygens (including phenoxy) is 1. The summed E-state index contributed by atoms with van der Waals surface area (Å²) in [5.74, 6) is -0.327. The summed E-state index contributed by atoms with van der Waals surface area (Å²) in [6.45, 7) is 6.00. The number of unbranched alkanes of at least 4 members (excludes halogenated alkanes) is 3. The van der Waals surface area contributed by atoms with Crippen LogP contribution < -0.4 is 0 Å². The molecule has 80 valence electrons. The van der Waals surface area contributed by atoms with Crippen LogP contribution in [0.4, 0.5) is 0 Å². The summed E-state index contributed by atoms with van der Waals surface area (Å²) in [6.07, 6.45) is 11.0. The molecule has 0 aliphatic rings. The van der Waals surface area contributed by atoms with Crippen molar-refractivity contribution >= 4 is 5.97 Å². The van der Waals surface area contributed by atoms with Gasteiger partial charge in [0.25, 0.3) is 0 Å². The third-order valence-corrected chi connectivity index (χ3v) is 1.80. The van der Waals surface area contributed by atoms with Gasteiger partial charge < -0.3 is 4.74 Å². The maximum Gasteiger partial charge on any atom is 0.330 e. The molecule has 0 N–H and O–H groups in total. The Morgan fingerprint density at radius 1 is 1.29 bits per heavy atom. The second-order valence-corrected chi connectivity index (χ2v) is 3.13. The zero-order valence-corrected chi connectivity index (χ0v) is 9.00. The summed E-state index contributed by atoms with van der Waals surface area (Å²) in [4.78, 5) is 10.6. The Morgan fingerprint density at radius 3 is 2.64 bits per heavy atom. The van der Waals surface area contributed by atoms with E-state index in [2.05, 4.69) is 25.7 Å². The second kappa shape index (κ2) is 10.0. The van der Waals surface area contributed by atoms with E-state index >= 15 is 0 Å². The Kier molecular flexibility index (Phi) is 9.28. The van der Waals surface area contributed by atoms with E-state index in [1.807, 2.05) is 0 Å². The van der Waals surface area contributed by atoms with Crippen LogP contribution in [-0.4, -0.2) is 12.6 Å². The highest BCUT2D eigenvalue weighted by Gasteiger charge is 1.93. The fourth-order valence-electron chi connectivity index (χ4n) is 0.998. The molecule has 0 radical (unpaired) electrons. The molecule has 0 aliphatic carbocycles. The number of rotatable bonds is 8. The lowest BCUT2D eigenvalue weighted by atomic mass is 10.2. The molecule has 0 aliphatic heterocycles. The minimum atomic E-state index is -0.327. The average Bonchev–Trinajstić information content (AvgIpc) is 2.21. The number of hydrogen-bond donors (Lipinski definition) is 0. The summed E-state index contributed by atoms with van der Waals surface area (Å²) in [6, 6.07) is 0. The van der Waals surface area contributed by atoms with Gasteiger partial charge in [-0.1, -0.05) is 32.1 Å². The molecule has 0 aromatic heterocycles. The highest BCUT2D eigenvalue weighted by atomic mass is 16.5. The third-order valence-electron chi connectivity index (χ3n) is 1.80. The Bertz CT molecular complexity index is 183. The van der Waals surface area contributed by atoms with Gasteiger partial charge in [-0.05, 0) is 25.7 Å². The predicted octanol–water partition coefficient (Wildman–Crippen LogP) is 3.24. The van der Waals surface area contributed by atoms with Gasteiger partial charge in [0.2, 0.25) is 0 Å². The van der Waals surface area contributed by atoms with Crippen LogP contribution in [0, 0.1) is 0 Å². The average molecular weight is 196 g/mol. The summed E-state index contributed by atoms with van der Waals surface area (Å²) in [5.41, 5.74) is 0. The first-order valence-electron chi connectivity index (χ1n) is 5.25. The van der Waals surface area contributed by atoms with Gasteiger partial charge in [0, 0.05) is 6.08 Å². The van der Waals surface area contributed by atoms with Crippen LogP contribution in [0.2, 0.25) is 0 Å². The normalized spacial score (nSPS) is 10.4. The maximum absolute atomic E-state index is 10.6. The molecule has 0 rings (SSSR count). The third kappa shape index (κ3) is 9.04. The molecule has 0 atom stereocenters. The molecule has 0 heterocycles. The topological polar surface area (TPSA) is 26.3 Å². The van der Waals surface area contributed by atoms with Crippen LogP contribution in [0.3, 0.4) is 0 Å². The first-order chi connectivity index (χ1) is 6.81. The van der Waals surface area contributed by atoms with E-state index in [-0.39, 0.29) is 5.97 Å². The molecule has 0 spiro atoms. The van der Waals surface area contributed by atoms with Crippen molar-refractivity contribution in [2.45, 2.75) is 39.0 Å². The van der Waals surface area contributed by atoms with Crippen LogP contribution in [0.15, 0.2) is 24.8 Å². The van der Waals surface area contributed by atoms with E-state index in [0.717, 1.165) is 25.7 Å². The van der Waals surface area contributed by atoms with Gasteiger partial charge in [-0.3, -0.25) is 0 Å². The van der Waals surface area contributed by atoms with Gasteiger partial charge >= 0.3 is 5.97 Å². The van der Waals surface area contributed by atoms with Crippen LogP contribution in [0.25, 0.3) is 0 Å². The maximum atomic E-state index is 10.6. The molecule has 0 amide bonds. The van der Waals surface area contributed by atoms with Gasteiger partial charge in [0.15, 0.2) is 0 Å². The van der Waals surface area contributed by atoms with E-state index in [1.165, 1.54) is 12.5 Å². The minimum absolute atomic E-state index is 0.327. The lowest BCUT2D eigenvalue weighted by molar-refractivity contribution is -0.137. The molecule has 0 saturated heterocycles. The molecule has 0 fully saturated rings. The van der Waals surface area contributed by atoms with Crippen molar-refractivity contribution in [3.8, 4) is 0 Å². The van der Waals surface area contributed by atoms with Crippen LogP contribution in [-0.2, 0) is 9.53 Å². The molecular formula is C12H20O2. The highest BCUT2D eigenvalue weighted by Crippen LogP contribution is 1.99. The lowest BCUT2D eigenvalue weighted by Crippen LogP contribution is -2.01. The van der Waals surface area contributed by atoms with E-state index in [4.69, 9.17) is 4.74 Å². The first-order valence-corrected chi connectivity index (χ1v) is 5.25. The van der Waals surface area contributed by atoms with E-state index in [0.29, 0.717) is 6.61 Å². The molecular weight excluding hydrogens is 176 g/mol. The fourth-order valence-corrected chi connectivity index (χ4v) is 0.998. The highest BCUT2D eigenvalue weighted by molar-refractivity contribution is 5.81. The standard InChI is InChI=1S/C12H20O2/c1-3-5-6-7-8-9-10-11-14-12(13)4-2/h4,6-7H,2-3,5,8-11H2,1H3/b7-6+. The Morgan fingerprint density at radius 2 is 2.00 bits per heavy atom. The van der Waals surface area contributed by atoms with Gasteiger partial charge in [-0.15, -0.1) is 0 Å². The minimum Gasteiger partial charge on any atom is -0.463 e. The van der Waals surface area contributed by atoms with Crippen molar-refractivity contribution in [3.63, 3.8) is 0 Å². The fraction of sp³-hybridized carbons (Fsp3) is 0.583. The molecule has 2 nitrogen and oxygen atoms in total. The Balaban J connectivity index is 3.13. The van der Waals surface area contributed by atoms with Crippen molar-refractivity contribution in [3.05, 3.63) is 24.8 Å². The Labute approximate surface area is 86.6 Å². The van der Waals surface area contributed by atoms with Gasteiger partial charge in [0.05, 0.1) is 6.61 Å².